The van der Waals surface area contributed by atoms with Gasteiger partial charge in [0.05, 0.1) is 11.8 Å². The monoisotopic (exact) mass is 216 g/mol. The van der Waals surface area contributed by atoms with E-state index in [1.165, 1.54) is 0 Å². The Hall–Kier alpha value is -1.10. The Kier molecular flexibility index (Phi) is 5.93. The summed E-state index contributed by atoms with van der Waals surface area (Å²) in [4.78, 5) is 22.0. The van der Waals surface area contributed by atoms with Crippen molar-refractivity contribution in [2.24, 2.45) is 11.1 Å². The van der Waals surface area contributed by atoms with E-state index >= 15 is 0 Å². The molecule has 0 atom stereocenters. The topological polar surface area (TPSA) is 92.4 Å². The summed E-state index contributed by atoms with van der Waals surface area (Å²) in [5.74, 6) is -1.06. The third kappa shape index (κ3) is 3.87. The number of nitrogens with one attached hydrogen (secondary N) is 1. The second-order valence-electron chi connectivity index (χ2n) is 3.59. The van der Waals surface area contributed by atoms with Crippen molar-refractivity contribution in [3.63, 3.8) is 0 Å². The highest BCUT2D eigenvalue weighted by atomic mass is 16.4. The molecule has 5 heteroatoms. The van der Waals surface area contributed by atoms with Crippen LogP contribution in [0.4, 0.5) is 0 Å². The molecule has 4 N–H and O–H groups in total. The van der Waals surface area contributed by atoms with Gasteiger partial charge in [-0.1, -0.05) is 13.8 Å². The van der Waals surface area contributed by atoms with E-state index in [1.54, 1.807) is 0 Å². The van der Waals surface area contributed by atoms with E-state index in [0.29, 0.717) is 19.4 Å². The molecule has 88 valence electrons. The third-order valence-corrected chi connectivity index (χ3v) is 2.85. The van der Waals surface area contributed by atoms with Gasteiger partial charge in [-0.25, -0.2) is 0 Å². The highest BCUT2D eigenvalue weighted by Crippen LogP contribution is 2.24. The lowest BCUT2D eigenvalue weighted by Crippen LogP contribution is -2.45. The molecule has 0 aromatic carbocycles. The van der Waals surface area contributed by atoms with Gasteiger partial charge in [0.15, 0.2) is 0 Å². The van der Waals surface area contributed by atoms with Crippen molar-refractivity contribution in [1.29, 1.82) is 0 Å². The molecule has 0 radical (unpaired) electrons. The van der Waals surface area contributed by atoms with Gasteiger partial charge in [0.1, 0.15) is 0 Å². The fourth-order valence-electron chi connectivity index (χ4n) is 1.42. The molecule has 0 aliphatic carbocycles. The van der Waals surface area contributed by atoms with Gasteiger partial charge >= 0.3 is 5.97 Å². The molecule has 0 aliphatic rings. The normalized spacial score (nSPS) is 11.1. The molecule has 0 saturated heterocycles. The second-order valence-corrected chi connectivity index (χ2v) is 3.59. The van der Waals surface area contributed by atoms with Crippen LogP contribution in [0.15, 0.2) is 0 Å². The summed E-state index contributed by atoms with van der Waals surface area (Å²) >= 11 is 0. The summed E-state index contributed by atoms with van der Waals surface area (Å²) in [5.41, 5.74) is 5.04. The van der Waals surface area contributed by atoms with Gasteiger partial charge < -0.3 is 16.2 Å². The van der Waals surface area contributed by atoms with Crippen LogP contribution in [0, 0.1) is 5.41 Å². The molecule has 0 bridgehead atoms. The number of hydrogen-bond donors (Lipinski definition) is 3. The molecule has 0 fully saturated rings. The number of nitrogens with two attached hydrogens (primary N) is 1. The molecule has 0 rings (SSSR count). The number of aliphatic carboxylic acids is 1. The van der Waals surface area contributed by atoms with Crippen LogP contribution in [0.3, 0.4) is 0 Å². The number of rotatable bonds is 7. The van der Waals surface area contributed by atoms with E-state index in [0.717, 1.165) is 0 Å². The Morgan fingerprint density at radius 3 is 2.20 bits per heavy atom. The number of carboxylic acids is 1. The first-order chi connectivity index (χ1) is 7.02. The summed E-state index contributed by atoms with van der Waals surface area (Å²) in [6.45, 7) is 4.27. The van der Waals surface area contributed by atoms with E-state index in [1.807, 2.05) is 13.8 Å². The summed E-state index contributed by atoms with van der Waals surface area (Å²) in [6.07, 6.45) is 1.28. The van der Waals surface area contributed by atoms with E-state index in [4.69, 9.17) is 10.8 Å². The maximum Gasteiger partial charge on any atom is 0.305 e. The smallest absolute Gasteiger partial charge is 0.305 e. The number of amides is 1. The molecular formula is C10H20N2O3. The fraction of sp³-hybridized carbons (Fsp3) is 0.800. The second kappa shape index (κ2) is 6.40. The van der Waals surface area contributed by atoms with Gasteiger partial charge in [-0.2, -0.15) is 0 Å². The van der Waals surface area contributed by atoms with Crippen LogP contribution in [-0.2, 0) is 9.59 Å². The average molecular weight is 216 g/mol. The van der Waals surface area contributed by atoms with E-state index < -0.39 is 11.4 Å². The van der Waals surface area contributed by atoms with Crippen LogP contribution in [-0.4, -0.2) is 30.1 Å². The average Bonchev–Trinajstić information content (AvgIpc) is 2.21. The lowest BCUT2D eigenvalue weighted by atomic mass is 9.81. The van der Waals surface area contributed by atoms with Crippen molar-refractivity contribution in [3.8, 4) is 0 Å². The number of carboxylic acid groups (broad SMARTS) is 1. The lowest BCUT2D eigenvalue weighted by Gasteiger charge is -2.28. The quantitative estimate of drug-likeness (QED) is 0.572. The van der Waals surface area contributed by atoms with Crippen molar-refractivity contribution in [1.82, 2.24) is 5.32 Å². The molecule has 0 unspecified atom stereocenters. The van der Waals surface area contributed by atoms with Crippen LogP contribution in [0.1, 0.15) is 33.1 Å². The fourth-order valence-corrected chi connectivity index (χ4v) is 1.42. The minimum absolute atomic E-state index is 0.0557. The number of carbonyl (C=O) groups is 2. The standard InChI is InChI=1S/C10H20N2O3/c1-3-10(4-2,7-11)9(15)12-6-5-8(13)14/h3-7,11H2,1-2H3,(H,12,15)(H,13,14). The molecular weight excluding hydrogens is 196 g/mol. The molecule has 0 aliphatic heterocycles. The van der Waals surface area contributed by atoms with Crippen molar-refractivity contribution < 1.29 is 14.7 Å². The van der Waals surface area contributed by atoms with E-state index in [-0.39, 0.29) is 18.9 Å². The SMILES string of the molecule is CCC(CC)(CN)C(=O)NCCC(=O)O. The Morgan fingerprint density at radius 2 is 1.87 bits per heavy atom. The van der Waals surface area contributed by atoms with Gasteiger partial charge in [0.2, 0.25) is 5.91 Å². The van der Waals surface area contributed by atoms with E-state index in [9.17, 15) is 9.59 Å². The van der Waals surface area contributed by atoms with Crippen molar-refractivity contribution in [2.75, 3.05) is 13.1 Å². The minimum atomic E-state index is -0.915. The molecule has 0 spiro atoms. The van der Waals surface area contributed by atoms with Crippen molar-refractivity contribution in [3.05, 3.63) is 0 Å². The molecule has 15 heavy (non-hydrogen) atoms. The molecule has 0 aromatic rings. The van der Waals surface area contributed by atoms with Crippen LogP contribution < -0.4 is 11.1 Å². The summed E-state index contributed by atoms with van der Waals surface area (Å²) < 4.78 is 0. The Morgan fingerprint density at radius 1 is 1.33 bits per heavy atom. The largest absolute Gasteiger partial charge is 0.481 e. The highest BCUT2D eigenvalue weighted by molar-refractivity contribution is 5.83. The predicted molar refractivity (Wildman–Crippen MR) is 57.3 cm³/mol. The zero-order chi connectivity index (χ0) is 11.9. The minimum Gasteiger partial charge on any atom is -0.481 e. The number of carbonyl (C=O) groups excluding carboxylic acids is 1. The first-order valence-corrected chi connectivity index (χ1v) is 5.22. The highest BCUT2D eigenvalue weighted by Gasteiger charge is 2.32. The first kappa shape index (κ1) is 13.9. The maximum atomic E-state index is 11.8. The Bertz CT molecular complexity index is 216. The van der Waals surface area contributed by atoms with Crippen molar-refractivity contribution in [2.45, 2.75) is 33.1 Å². The summed E-state index contributed by atoms with van der Waals surface area (Å²) in [6, 6.07) is 0. The number of hydrogen-bond acceptors (Lipinski definition) is 3. The van der Waals surface area contributed by atoms with Crippen LogP contribution in [0.5, 0.6) is 0 Å². The molecule has 1 amide bonds. The predicted octanol–water partition coefficient (Wildman–Crippen LogP) is 0.342. The van der Waals surface area contributed by atoms with Crippen LogP contribution in [0.2, 0.25) is 0 Å². The molecule has 0 saturated carbocycles. The van der Waals surface area contributed by atoms with Gasteiger partial charge in [0.25, 0.3) is 0 Å². The first-order valence-electron chi connectivity index (χ1n) is 5.22. The zero-order valence-electron chi connectivity index (χ0n) is 9.38. The summed E-state index contributed by atoms with van der Waals surface area (Å²) in [7, 11) is 0. The summed E-state index contributed by atoms with van der Waals surface area (Å²) in [5, 5.41) is 11.0. The van der Waals surface area contributed by atoms with Crippen LogP contribution in [0.25, 0.3) is 0 Å². The van der Waals surface area contributed by atoms with Gasteiger partial charge in [-0.05, 0) is 12.8 Å². The van der Waals surface area contributed by atoms with Crippen molar-refractivity contribution >= 4 is 11.9 Å². The van der Waals surface area contributed by atoms with Gasteiger partial charge in [0, 0.05) is 13.1 Å². The van der Waals surface area contributed by atoms with Crippen LogP contribution >= 0.6 is 0 Å². The Balaban J connectivity index is 4.21. The van der Waals surface area contributed by atoms with Gasteiger partial charge in [-0.3, -0.25) is 9.59 Å². The zero-order valence-corrected chi connectivity index (χ0v) is 9.38. The van der Waals surface area contributed by atoms with Gasteiger partial charge in [-0.15, -0.1) is 0 Å². The Labute approximate surface area is 90.0 Å². The molecule has 0 aromatic heterocycles. The molecule has 5 nitrogen and oxygen atoms in total. The maximum absolute atomic E-state index is 11.8. The third-order valence-electron chi connectivity index (χ3n) is 2.85. The molecule has 0 heterocycles. The lowest BCUT2D eigenvalue weighted by molar-refractivity contribution is -0.137. The van der Waals surface area contributed by atoms with E-state index in [2.05, 4.69) is 5.32 Å².